The SMILES string of the molecule is CCC(Cc1ccccc1)NC(=O)C1=CC2NC(=O)c3ccccc3SC2C=C1. The van der Waals surface area contributed by atoms with Gasteiger partial charge < -0.3 is 10.6 Å². The van der Waals surface area contributed by atoms with E-state index in [0.29, 0.717) is 11.1 Å². The molecule has 4 nitrogen and oxygen atoms in total. The Morgan fingerprint density at radius 2 is 1.90 bits per heavy atom. The van der Waals surface area contributed by atoms with Crippen LogP contribution >= 0.6 is 11.8 Å². The zero-order valence-corrected chi connectivity index (χ0v) is 17.1. The van der Waals surface area contributed by atoms with E-state index in [1.165, 1.54) is 5.56 Å². The van der Waals surface area contributed by atoms with Crippen molar-refractivity contribution in [1.29, 1.82) is 0 Å². The third kappa shape index (κ3) is 4.46. The Morgan fingerprint density at radius 1 is 1.14 bits per heavy atom. The zero-order valence-electron chi connectivity index (χ0n) is 16.3. The van der Waals surface area contributed by atoms with Gasteiger partial charge in [-0.25, -0.2) is 0 Å². The molecule has 2 amide bonds. The highest BCUT2D eigenvalue weighted by molar-refractivity contribution is 8.00. The van der Waals surface area contributed by atoms with Gasteiger partial charge in [0, 0.05) is 16.5 Å². The zero-order chi connectivity index (χ0) is 20.2. The number of hydrogen-bond donors (Lipinski definition) is 2. The Bertz CT molecular complexity index is 968. The first-order valence-electron chi connectivity index (χ1n) is 9.95. The van der Waals surface area contributed by atoms with E-state index in [2.05, 4.69) is 29.7 Å². The second-order valence-electron chi connectivity index (χ2n) is 7.33. The standard InChI is InChI=1S/C24H24N2O2S/c1-2-18(14-16-8-4-3-5-9-16)25-23(27)17-12-13-22-20(15-17)26-24(28)19-10-6-7-11-21(19)29-22/h3-13,15,18,20,22H,2,14H2,1H3,(H,25,27)(H,26,28). The van der Waals surface area contributed by atoms with Crippen LogP contribution < -0.4 is 10.6 Å². The molecule has 3 unspecified atom stereocenters. The number of carbonyl (C=O) groups excluding carboxylic acids is 2. The molecule has 1 aliphatic heterocycles. The fourth-order valence-corrected chi connectivity index (χ4v) is 4.84. The molecule has 0 saturated heterocycles. The Balaban J connectivity index is 1.46. The summed E-state index contributed by atoms with van der Waals surface area (Å²) in [6, 6.07) is 17.7. The van der Waals surface area contributed by atoms with Crippen LogP contribution in [0.2, 0.25) is 0 Å². The lowest BCUT2D eigenvalue weighted by Crippen LogP contribution is -2.42. The monoisotopic (exact) mass is 404 g/mol. The van der Waals surface area contributed by atoms with Crippen LogP contribution in [0.3, 0.4) is 0 Å². The number of benzene rings is 2. The molecule has 1 heterocycles. The summed E-state index contributed by atoms with van der Waals surface area (Å²) in [6.45, 7) is 2.08. The molecule has 2 aliphatic rings. The first kappa shape index (κ1) is 19.5. The fourth-order valence-electron chi connectivity index (χ4n) is 3.65. The van der Waals surface area contributed by atoms with E-state index in [-0.39, 0.29) is 29.1 Å². The molecule has 0 saturated carbocycles. The molecule has 5 heteroatoms. The van der Waals surface area contributed by atoms with E-state index in [9.17, 15) is 9.59 Å². The van der Waals surface area contributed by atoms with Crippen LogP contribution in [0.5, 0.6) is 0 Å². The van der Waals surface area contributed by atoms with Gasteiger partial charge in [-0.2, -0.15) is 0 Å². The maximum Gasteiger partial charge on any atom is 0.252 e. The number of fused-ring (bicyclic) bond motifs is 2. The van der Waals surface area contributed by atoms with Gasteiger partial charge in [0.15, 0.2) is 0 Å². The molecule has 2 aromatic rings. The maximum absolute atomic E-state index is 12.9. The second kappa shape index (κ2) is 8.70. The van der Waals surface area contributed by atoms with Crippen molar-refractivity contribution < 1.29 is 9.59 Å². The van der Waals surface area contributed by atoms with E-state index in [1.807, 2.05) is 60.7 Å². The fraction of sp³-hybridized carbons (Fsp3) is 0.250. The van der Waals surface area contributed by atoms with E-state index >= 15 is 0 Å². The number of carbonyl (C=O) groups is 2. The minimum atomic E-state index is -0.208. The first-order valence-corrected chi connectivity index (χ1v) is 10.8. The summed E-state index contributed by atoms with van der Waals surface area (Å²) in [4.78, 5) is 26.4. The van der Waals surface area contributed by atoms with Crippen LogP contribution in [0.15, 0.2) is 83.3 Å². The summed E-state index contributed by atoms with van der Waals surface area (Å²) in [7, 11) is 0. The van der Waals surface area contributed by atoms with Crippen LogP contribution in [0.1, 0.15) is 29.3 Å². The molecule has 2 aromatic carbocycles. The number of thioether (sulfide) groups is 1. The largest absolute Gasteiger partial charge is 0.349 e. The third-order valence-corrected chi connectivity index (χ3v) is 6.62. The highest BCUT2D eigenvalue weighted by Gasteiger charge is 2.30. The van der Waals surface area contributed by atoms with E-state index in [0.717, 1.165) is 17.7 Å². The molecule has 148 valence electrons. The minimum absolute atomic E-state index is 0.0688. The van der Waals surface area contributed by atoms with E-state index in [1.54, 1.807) is 11.8 Å². The van der Waals surface area contributed by atoms with Gasteiger partial charge in [0.05, 0.1) is 16.9 Å². The summed E-state index contributed by atoms with van der Waals surface area (Å²) in [6.07, 6.45) is 7.43. The van der Waals surface area contributed by atoms with Crippen molar-refractivity contribution in [1.82, 2.24) is 10.6 Å². The summed E-state index contributed by atoms with van der Waals surface area (Å²) in [5, 5.41) is 6.28. The van der Waals surface area contributed by atoms with Gasteiger partial charge in [0.2, 0.25) is 0 Å². The summed E-state index contributed by atoms with van der Waals surface area (Å²) >= 11 is 1.65. The highest BCUT2D eigenvalue weighted by atomic mass is 32.2. The lowest BCUT2D eigenvalue weighted by atomic mass is 9.99. The Hall–Kier alpha value is -2.79. The average molecular weight is 405 g/mol. The van der Waals surface area contributed by atoms with Gasteiger partial charge >= 0.3 is 0 Å². The van der Waals surface area contributed by atoms with Gasteiger partial charge in [-0.3, -0.25) is 9.59 Å². The molecule has 0 aromatic heterocycles. The topological polar surface area (TPSA) is 58.2 Å². The average Bonchev–Trinajstić information content (AvgIpc) is 2.89. The van der Waals surface area contributed by atoms with Crippen molar-refractivity contribution >= 4 is 23.6 Å². The minimum Gasteiger partial charge on any atom is -0.349 e. The molecule has 0 fully saturated rings. The van der Waals surface area contributed by atoms with Crippen molar-refractivity contribution in [3.8, 4) is 0 Å². The van der Waals surface area contributed by atoms with Crippen LogP contribution in [0.4, 0.5) is 0 Å². The van der Waals surface area contributed by atoms with Crippen molar-refractivity contribution in [2.75, 3.05) is 0 Å². The highest BCUT2D eigenvalue weighted by Crippen LogP contribution is 2.34. The third-order valence-electron chi connectivity index (χ3n) is 5.29. The van der Waals surface area contributed by atoms with Gasteiger partial charge in [-0.05, 0) is 36.6 Å². The van der Waals surface area contributed by atoms with Gasteiger partial charge in [0.25, 0.3) is 11.8 Å². The van der Waals surface area contributed by atoms with Crippen LogP contribution in [-0.4, -0.2) is 29.1 Å². The number of amides is 2. The van der Waals surface area contributed by atoms with Gasteiger partial charge in [-0.15, -0.1) is 11.8 Å². The molecule has 4 rings (SSSR count). The number of hydrogen-bond acceptors (Lipinski definition) is 3. The lowest BCUT2D eigenvalue weighted by Gasteiger charge is -2.25. The Kier molecular flexibility index (Phi) is 5.86. The van der Waals surface area contributed by atoms with Crippen molar-refractivity contribution in [2.24, 2.45) is 0 Å². The smallest absolute Gasteiger partial charge is 0.252 e. The maximum atomic E-state index is 12.9. The molecular formula is C24H24N2O2S. The second-order valence-corrected chi connectivity index (χ2v) is 8.55. The molecule has 1 aliphatic carbocycles. The van der Waals surface area contributed by atoms with Crippen molar-refractivity contribution in [2.45, 2.75) is 42.0 Å². The molecule has 0 radical (unpaired) electrons. The van der Waals surface area contributed by atoms with Gasteiger partial charge in [0.1, 0.15) is 0 Å². The van der Waals surface area contributed by atoms with Crippen molar-refractivity contribution in [3.63, 3.8) is 0 Å². The van der Waals surface area contributed by atoms with Crippen LogP contribution in [-0.2, 0) is 11.2 Å². The number of rotatable bonds is 5. The molecule has 2 N–H and O–H groups in total. The molecule has 3 atom stereocenters. The normalized spacial score (nSPS) is 21.1. The lowest BCUT2D eigenvalue weighted by molar-refractivity contribution is -0.117. The quantitative estimate of drug-likeness (QED) is 0.795. The first-order chi connectivity index (χ1) is 14.1. The van der Waals surface area contributed by atoms with E-state index < -0.39 is 0 Å². The molecule has 0 spiro atoms. The predicted octanol–water partition coefficient (Wildman–Crippen LogP) is 3.89. The molecular weight excluding hydrogens is 380 g/mol. The summed E-state index contributed by atoms with van der Waals surface area (Å²) < 4.78 is 0. The Morgan fingerprint density at radius 3 is 2.69 bits per heavy atom. The van der Waals surface area contributed by atoms with Gasteiger partial charge in [-0.1, -0.05) is 61.5 Å². The number of nitrogens with one attached hydrogen (secondary N) is 2. The van der Waals surface area contributed by atoms with E-state index in [4.69, 9.17) is 0 Å². The molecule has 0 bridgehead atoms. The predicted molar refractivity (Wildman–Crippen MR) is 117 cm³/mol. The summed E-state index contributed by atoms with van der Waals surface area (Å²) in [5.74, 6) is -0.189. The van der Waals surface area contributed by atoms with Crippen molar-refractivity contribution in [3.05, 3.63) is 89.5 Å². The summed E-state index contributed by atoms with van der Waals surface area (Å²) in [5.41, 5.74) is 2.50. The molecule has 29 heavy (non-hydrogen) atoms. The Labute approximate surface area is 175 Å². The van der Waals surface area contributed by atoms with Crippen LogP contribution in [0, 0.1) is 0 Å². The van der Waals surface area contributed by atoms with Crippen LogP contribution in [0.25, 0.3) is 0 Å².